The second-order valence-corrected chi connectivity index (χ2v) is 4.55. The SMILES string of the molecule is CCOC(=O)C1CN1c1c(CC)cccc1CC. The molecule has 0 spiro atoms. The molecule has 1 aromatic carbocycles. The van der Waals surface area contributed by atoms with Crippen LogP contribution in [0.2, 0.25) is 0 Å². The van der Waals surface area contributed by atoms with Gasteiger partial charge in [0.25, 0.3) is 0 Å². The lowest BCUT2D eigenvalue weighted by Crippen LogP contribution is -2.17. The molecule has 1 aliphatic heterocycles. The van der Waals surface area contributed by atoms with Crippen LogP contribution in [-0.2, 0) is 22.4 Å². The van der Waals surface area contributed by atoms with E-state index in [2.05, 4.69) is 36.9 Å². The van der Waals surface area contributed by atoms with Crippen LogP contribution >= 0.6 is 0 Å². The number of aryl methyl sites for hydroxylation is 2. The zero-order chi connectivity index (χ0) is 13.1. The third-order valence-electron chi connectivity index (χ3n) is 3.42. The van der Waals surface area contributed by atoms with Crippen LogP contribution < -0.4 is 4.90 Å². The number of esters is 1. The highest BCUT2D eigenvalue weighted by Crippen LogP contribution is 2.35. The maximum Gasteiger partial charge on any atom is 0.330 e. The van der Waals surface area contributed by atoms with Gasteiger partial charge in [0.2, 0.25) is 0 Å². The first-order valence-corrected chi connectivity index (χ1v) is 6.76. The number of rotatable bonds is 5. The van der Waals surface area contributed by atoms with Gasteiger partial charge in [0.05, 0.1) is 13.2 Å². The fourth-order valence-electron chi connectivity index (χ4n) is 2.41. The van der Waals surface area contributed by atoms with Crippen molar-refractivity contribution >= 4 is 11.7 Å². The van der Waals surface area contributed by atoms with E-state index in [1.807, 2.05) is 6.92 Å². The molecule has 0 radical (unpaired) electrons. The second kappa shape index (κ2) is 5.42. The third kappa shape index (κ3) is 2.35. The van der Waals surface area contributed by atoms with Crippen LogP contribution in [0.25, 0.3) is 0 Å². The maximum atomic E-state index is 11.7. The average Bonchev–Trinajstić information content (AvgIpc) is 3.18. The molecule has 1 atom stereocenters. The lowest BCUT2D eigenvalue weighted by Gasteiger charge is -2.15. The van der Waals surface area contributed by atoms with Gasteiger partial charge >= 0.3 is 5.97 Å². The average molecular weight is 247 g/mol. The Morgan fingerprint density at radius 3 is 2.39 bits per heavy atom. The highest BCUT2D eigenvalue weighted by atomic mass is 16.5. The van der Waals surface area contributed by atoms with Gasteiger partial charge < -0.3 is 9.64 Å². The Morgan fingerprint density at radius 1 is 1.28 bits per heavy atom. The summed E-state index contributed by atoms with van der Waals surface area (Å²) in [5, 5.41) is 0. The minimum atomic E-state index is -0.0922. The predicted molar refractivity (Wildman–Crippen MR) is 73.0 cm³/mol. The Labute approximate surface area is 109 Å². The van der Waals surface area contributed by atoms with E-state index < -0.39 is 0 Å². The summed E-state index contributed by atoms with van der Waals surface area (Å²) >= 11 is 0. The molecule has 1 fully saturated rings. The number of anilines is 1. The molecule has 3 nitrogen and oxygen atoms in total. The molecule has 1 heterocycles. The number of para-hydroxylation sites is 1. The van der Waals surface area contributed by atoms with E-state index in [-0.39, 0.29) is 12.0 Å². The Bertz CT molecular complexity index is 420. The Hall–Kier alpha value is -1.51. The number of ether oxygens (including phenoxy) is 1. The monoisotopic (exact) mass is 247 g/mol. The van der Waals surface area contributed by atoms with E-state index in [1.165, 1.54) is 16.8 Å². The van der Waals surface area contributed by atoms with Crippen LogP contribution in [0.15, 0.2) is 18.2 Å². The van der Waals surface area contributed by atoms with Gasteiger partial charge in [-0.15, -0.1) is 0 Å². The smallest absolute Gasteiger partial charge is 0.330 e. The summed E-state index contributed by atoms with van der Waals surface area (Å²) < 4.78 is 5.08. The van der Waals surface area contributed by atoms with Crippen molar-refractivity contribution in [2.45, 2.75) is 39.7 Å². The van der Waals surface area contributed by atoms with Gasteiger partial charge in [0.1, 0.15) is 6.04 Å². The molecule has 98 valence electrons. The Morgan fingerprint density at radius 2 is 1.89 bits per heavy atom. The van der Waals surface area contributed by atoms with Crippen molar-refractivity contribution in [1.29, 1.82) is 0 Å². The lowest BCUT2D eigenvalue weighted by atomic mass is 10.0. The molecule has 18 heavy (non-hydrogen) atoms. The standard InChI is InChI=1S/C15H21NO2/c1-4-11-8-7-9-12(5-2)14(11)16-10-13(16)15(17)18-6-3/h7-9,13H,4-6,10H2,1-3H3. The van der Waals surface area contributed by atoms with Gasteiger partial charge in [-0.3, -0.25) is 0 Å². The lowest BCUT2D eigenvalue weighted by molar-refractivity contribution is -0.142. The second-order valence-electron chi connectivity index (χ2n) is 4.55. The molecule has 1 saturated heterocycles. The van der Waals surface area contributed by atoms with Gasteiger partial charge in [0, 0.05) is 5.69 Å². The molecule has 1 aromatic rings. The molecule has 1 unspecified atom stereocenters. The molecule has 0 aromatic heterocycles. The van der Waals surface area contributed by atoms with Crippen molar-refractivity contribution in [3.8, 4) is 0 Å². The van der Waals surface area contributed by atoms with Gasteiger partial charge in [-0.2, -0.15) is 0 Å². The van der Waals surface area contributed by atoms with Gasteiger partial charge in [-0.1, -0.05) is 32.0 Å². The highest BCUT2D eigenvalue weighted by Gasteiger charge is 2.43. The zero-order valence-electron chi connectivity index (χ0n) is 11.4. The Balaban J connectivity index is 2.22. The van der Waals surface area contributed by atoms with Crippen LogP contribution in [0, 0.1) is 0 Å². The van der Waals surface area contributed by atoms with Gasteiger partial charge in [-0.25, -0.2) is 4.79 Å². The van der Waals surface area contributed by atoms with E-state index >= 15 is 0 Å². The first-order valence-electron chi connectivity index (χ1n) is 6.76. The topological polar surface area (TPSA) is 29.3 Å². The fourth-order valence-corrected chi connectivity index (χ4v) is 2.41. The van der Waals surface area contributed by atoms with E-state index in [4.69, 9.17) is 4.74 Å². The molecule has 0 amide bonds. The molecule has 0 N–H and O–H groups in total. The van der Waals surface area contributed by atoms with Crippen molar-refractivity contribution < 1.29 is 9.53 Å². The highest BCUT2D eigenvalue weighted by molar-refractivity contribution is 5.87. The van der Waals surface area contributed by atoms with Gasteiger partial charge in [-0.05, 0) is 30.9 Å². The predicted octanol–water partition coefficient (Wildman–Crippen LogP) is 2.56. The van der Waals surface area contributed by atoms with E-state index in [0.717, 1.165) is 19.4 Å². The van der Waals surface area contributed by atoms with Crippen molar-refractivity contribution in [2.75, 3.05) is 18.1 Å². The number of carbonyl (C=O) groups excluding carboxylic acids is 1. The first-order chi connectivity index (χ1) is 8.72. The number of hydrogen-bond acceptors (Lipinski definition) is 3. The third-order valence-corrected chi connectivity index (χ3v) is 3.42. The number of nitrogens with zero attached hydrogens (tertiary/aromatic N) is 1. The summed E-state index contributed by atoms with van der Waals surface area (Å²) in [7, 11) is 0. The summed E-state index contributed by atoms with van der Waals surface area (Å²) in [5.74, 6) is -0.0922. The summed E-state index contributed by atoms with van der Waals surface area (Å²) in [6, 6.07) is 6.33. The van der Waals surface area contributed by atoms with Crippen molar-refractivity contribution in [2.24, 2.45) is 0 Å². The van der Waals surface area contributed by atoms with Crippen molar-refractivity contribution in [3.05, 3.63) is 29.3 Å². The minimum Gasteiger partial charge on any atom is -0.464 e. The molecule has 0 saturated carbocycles. The number of benzene rings is 1. The van der Waals surface area contributed by atoms with E-state index in [0.29, 0.717) is 6.61 Å². The van der Waals surface area contributed by atoms with E-state index in [1.54, 1.807) is 0 Å². The summed E-state index contributed by atoms with van der Waals surface area (Å²) in [6.45, 7) is 7.41. The van der Waals surface area contributed by atoms with Crippen LogP contribution in [0.4, 0.5) is 5.69 Å². The minimum absolute atomic E-state index is 0.0667. The maximum absolute atomic E-state index is 11.7. The van der Waals surface area contributed by atoms with Crippen LogP contribution in [0.5, 0.6) is 0 Å². The zero-order valence-corrected chi connectivity index (χ0v) is 11.4. The largest absolute Gasteiger partial charge is 0.464 e. The molecule has 1 aliphatic rings. The van der Waals surface area contributed by atoms with Crippen LogP contribution in [0.1, 0.15) is 31.9 Å². The molecular weight excluding hydrogens is 226 g/mol. The molecule has 0 bridgehead atoms. The first kappa shape index (κ1) is 12.9. The summed E-state index contributed by atoms with van der Waals surface area (Å²) in [6.07, 6.45) is 1.99. The van der Waals surface area contributed by atoms with Gasteiger partial charge in [0.15, 0.2) is 0 Å². The molecule has 2 rings (SSSR count). The normalized spacial score (nSPS) is 17.7. The van der Waals surface area contributed by atoms with Crippen LogP contribution in [-0.4, -0.2) is 25.2 Å². The summed E-state index contributed by atoms with van der Waals surface area (Å²) in [4.78, 5) is 13.9. The fraction of sp³-hybridized carbons (Fsp3) is 0.533. The number of hydrogen-bond donors (Lipinski definition) is 0. The quantitative estimate of drug-likeness (QED) is 0.591. The molecule has 3 heteroatoms. The number of carbonyl (C=O) groups is 1. The summed E-state index contributed by atoms with van der Waals surface area (Å²) in [5.41, 5.74) is 3.89. The van der Waals surface area contributed by atoms with Crippen molar-refractivity contribution in [3.63, 3.8) is 0 Å². The van der Waals surface area contributed by atoms with E-state index in [9.17, 15) is 4.79 Å². The van der Waals surface area contributed by atoms with Crippen LogP contribution in [0.3, 0.4) is 0 Å². The molecular formula is C15H21NO2. The Kier molecular flexibility index (Phi) is 3.90. The molecule has 0 aliphatic carbocycles. The van der Waals surface area contributed by atoms with Crippen molar-refractivity contribution in [1.82, 2.24) is 0 Å².